The predicted octanol–water partition coefficient (Wildman–Crippen LogP) is 1.06. The van der Waals surface area contributed by atoms with Crippen LogP contribution in [0.4, 0.5) is 0 Å². The minimum absolute atomic E-state index is 0.0124. The van der Waals surface area contributed by atoms with Gasteiger partial charge in [-0.3, -0.25) is 4.79 Å². The van der Waals surface area contributed by atoms with E-state index in [0.29, 0.717) is 11.5 Å². The van der Waals surface area contributed by atoms with E-state index in [2.05, 4.69) is 15.6 Å². The lowest BCUT2D eigenvalue weighted by atomic mass is 10.1. The Morgan fingerprint density at radius 3 is 3.32 bits per heavy atom. The third-order valence-electron chi connectivity index (χ3n) is 3.65. The summed E-state index contributed by atoms with van der Waals surface area (Å²) in [6.07, 6.45) is 7.65. The van der Waals surface area contributed by atoms with Crippen LogP contribution in [0.15, 0.2) is 30.7 Å². The van der Waals surface area contributed by atoms with Gasteiger partial charge in [-0.15, -0.1) is 0 Å². The fourth-order valence-corrected chi connectivity index (χ4v) is 2.51. The molecule has 1 amide bonds. The summed E-state index contributed by atoms with van der Waals surface area (Å²) >= 11 is 0. The highest BCUT2D eigenvalue weighted by Crippen LogP contribution is 2.11. The maximum absolute atomic E-state index is 12.0. The first kappa shape index (κ1) is 12.2. The van der Waals surface area contributed by atoms with Crippen LogP contribution in [0.5, 0.6) is 0 Å². The van der Waals surface area contributed by atoms with Crippen LogP contribution in [0.3, 0.4) is 0 Å². The van der Waals surface area contributed by atoms with Crippen molar-refractivity contribution in [3.05, 3.63) is 36.3 Å². The molecule has 3 heterocycles. The molecular formula is C14H18N4O. The molecule has 19 heavy (non-hydrogen) atoms. The molecule has 0 spiro atoms. The molecule has 0 radical (unpaired) electrons. The molecule has 100 valence electrons. The molecule has 2 N–H and O–H groups in total. The van der Waals surface area contributed by atoms with E-state index in [1.807, 2.05) is 28.9 Å². The van der Waals surface area contributed by atoms with Gasteiger partial charge in [0.2, 0.25) is 0 Å². The molecule has 2 aromatic heterocycles. The molecule has 0 bridgehead atoms. The SMILES string of the molecule is O=C(NCCC1CCNC1)c1ccc2nccn2c1. The normalized spacial score (nSPS) is 18.8. The van der Waals surface area contributed by atoms with E-state index in [1.54, 1.807) is 6.20 Å². The van der Waals surface area contributed by atoms with Gasteiger partial charge in [-0.25, -0.2) is 4.98 Å². The molecule has 1 atom stereocenters. The van der Waals surface area contributed by atoms with Gasteiger partial charge in [-0.1, -0.05) is 0 Å². The van der Waals surface area contributed by atoms with Crippen molar-refractivity contribution in [1.82, 2.24) is 20.0 Å². The quantitative estimate of drug-likeness (QED) is 0.862. The summed E-state index contributed by atoms with van der Waals surface area (Å²) < 4.78 is 1.86. The number of aromatic nitrogens is 2. The number of hydrogen-bond acceptors (Lipinski definition) is 3. The van der Waals surface area contributed by atoms with Gasteiger partial charge in [0.1, 0.15) is 5.65 Å². The van der Waals surface area contributed by atoms with Gasteiger partial charge in [0.05, 0.1) is 5.56 Å². The van der Waals surface area contributed by atoms with Crippen LogP contribution >= 0.6 is 0 Å². The molecule has 0 aliphatic carbocycles. The first-order valence-electron chi connectivity index (χ1n) is 6.74. The Balaban J connectivity index is 1.56. The molecule has 1 unspecified atom stereocenters. The number of fused-ring (bicyclic) bond motifs is 1. The van der Waals surface area contributed by atoms with Crippen LogP contribution in [-0.2, 0) is 0 Å². The highest BCUT2D eigenvalue weighted by atomic mass is 16.1. The summed E-state index contributed by atoms with van der Waals surface area (Å²) in [4.78, 5) is 16.2. The molecule has 1 saturated heterocycles. The zero-order chi connectivity index (χ0) is 13.1. The van der Waals surface area contributed by atoms with Gasteiger partial charge < -0.3 is 15.0 Å². The summed E-state index contributed by atoms with van der Waals surface area (Å²) in [7, 11) is 0. The van der Waals surface area contributed by atoms with Gasteiger partial charge in [-0.2, -0.15) is 0 Å². The number of pyridine rings is 1. The molecule has 0 saturated carbocycles. The first-order valence-corrected chi connectivity index (χ1v) is 6.74. The number of imidazole rings is 1. The zero-order valence-corrected chi connectivity index (χ0v) is 10.8. The third kappa shape index (κ3) is 2.76. The van der Waals surface area contributed by atoms with E-state index in [0.717, 1.165) is 31.7 Å². The Labute approximate surface area is 112 Å². The number of nitrogens with one attached hydrogen (secondary N) is 2. The predicted molar refractivity (Wildman–Crippen MR) is 73.1 cm³/mol. The Bertz CT molecular complexity index is 572. The second kappa shape index (κ2) is 5.40. The van der Waals surface area contributed by atoms with Crippen molar-refractivity contribution in [2.24, 2.45) is 5.92 Å². The largest absolute Gasteiger partial charge is 0.352 e. The van der Waals surface area contributed by atoms with E-state index in [4.69, 9.17) is 0 Å². The second-order valence-electron chi connectivity index (χ2n) is 5.01. The fraction of sp³-hybridized carbons (Fsp3) is 0.429. The highest BCUT2D eigenvalue weighted by Gasteiger charge is 2.14. The molecule has 1 aliphatic rings. The maximum Gasteiger partial charge on any atom is 0.252 e. The van der Waals surface area contributed by atoms with Gasteiger partial charge in [-0.05, 0) is 44.0 Å². The molecule has 2 aromatic rings. The molecule has 5 heteroatoms. The van der Waals surface area contributed by atoms with Gasteiger partial charge in [0.15, 0.2) is 0 Å². The van der Waals surface area contributed by atoms with Gasteiger partial charge in [0, 0.05) is 25.1 Å². The van der Waals surface area contributed by atoms with Crippen LogP contribution in [-0.4, -0.2) is 34.9 Å². The smallest absolute Gasteiger partial charge is 0.252 e. The number of nitrogens with zero attached hydrogens (tertiary/aromatic N) is 2. The summed E-state index contributed by atoms with van der Waals surface area (Å²) in [6, 6.07) is 3.67. The van der Waals surface area contributed by atoms with Crippen LogP contribution in [0.1, 0.15) is 23.2 Å². The lowest BCUT2D eigenvalue weighted by molar-refractivity contribution is 0.0951. The number of carbonyl (C=O) groups is 1. The van der Waals surface area contributed by atoms with Gasteiger partial charge >= 0.3 is 0 Å². The molecular weight excluding hydrogens is 240 g/mol. The minimum Gasteiger partial charge on any atom is -0.352 e. The van der Waals surface area contributed by atoms with Crippen molar-refractivity contribution in [3.8, 4) is 0 Å². The summed E-state index contributed by atoms with van der Waals surface area (Å²) in [6.45, 7) is 2.93. The van der Waals surface area contributed by atoms with Crippen LogP contribution in [0.25, 0.3) is 5.65 Å². The summed E-state index contributed by atoms with van der Waals surface area (Å²) in [5.41, 5.74) is 1.53. The van der Waals surface area contributed by atoms with Crippen molar-refractivity contribution in [2.75, 3.05) is 19.6 Å². The highest BCUT2D eigenvalue weighted by molar-refractivity contribution is 5.94. The fourth-order valence-electron chi connectivity index (χ4n) is 2.51. The number of carbonyl (C=O) groups excluding carboxylic acids is 1. The monoisotopic (exact) mass is 258 g/mol. The Kier molecular flexibility index (Phi) is 3.46. The molecule has 1 aliphatic heterocycles. The standard InChI is InChI=1S/C14H18N4O/c19-14(17-6-4-11-3-5-15-9-11)12-1-2-13-16-7-8-18(13)10-12/h1-2,7-8,10-11,15H,3-6,9H2,(H,17,19). The number of hydrogen-bond donors (Lipinski definition) is 2. The van der Waals surface area contributed by atoms with E-state index in [9.17, 15) is 4.79 Å². The Hall–Kier alpha value is -1.88. The van der Waals surface area contributed by atoms with Crippen molar-refractivity contribution >= 4 is 11.6 Å². The molecule has 3 rings (SSSR count). The first-order chi connectivity index (χ1) is 9.33. The lowest BCUT2D eigenvalue weighted by Crippen LogP contribution is -2.26. The molecule has 0 aromatic carbocycles. The minimum atomic E-state index is -0.0124. The average molecular weight is 258 g/mol. The maximum atomic E-state index is 12.0. The van der Waals surface area contributed by atoms with E-state index >= 15 is 0 Å². The van der Waals surface area contributed by atoms with Crippen molar-refractivity contribution < 1.29 is 4.79 Å². The van der Waals surface area contributed by atoms with Gasteiger partial charge in [0.25, 0.3) is 5.91 Å². The van der Waals surface area contributed by atoms with Crippen LogP contribution in [0, 0.1) is 5.92 Å². The Morgan fingerprint density at radius 2 is 2.47 bits per heavy atom. The molecule has 1 fully saturated rings. The summed E-state index contributed by atoms with van der Waals surface area (Å²) in [5.74, 6) is 0.693. The third-order valence-corrected chi connectivity index (χ3v) is 3.65. The van der Waals surface area contributed by atoms with Crippen molar-refractivity contribution in [3.63, 3.8) is 0 Å². The molecule has 5 nitrogen and oxygen atoms in total. The van der Waals surface area contributed by atoms with Crippen molar-refractivity contribution in [2.45, 2.75) is 12.8 Å². The van der Waals surface area contributed by atoms with E-state index in [-0.39, 0.29) is 5.91 Å². The topological polar surface area (TPSA) is 58.4 Å². The number of amides is 1. The zero-order valence-electron chi connectivity index (χ0n) is 10.8. The van der Waals surface area contributed by atoms with Crippen LogP contribution in [0.2, 0.25) is 0 Å². The van der Waals surface area contributed by atoms with Crippen LogP contribution < -0.4 is 10.6 Å². The van der Waals surface area contributed by atoms with E-state index < -0.39 is 0 Å². The van der Waals surface area contributed by atoms with E-state index in [1.165, 1.54) is 6.42 Å². The lowest BCUT2D eigenvalue weighted by Gasteiger charge is -2.09. The second-order valence-corrected chi connectivity index (χ2v) is 5.01. The summed E-state index contributed by atoms with van der Waals surface area (Å²) in [5, 5.41) is 6.32. The average Bonchev–Trinajstić information content (AvgIpc) is 3.08. The Morgan fingerprint density at radius 1 is 1.53 bits per heavy atom. The van der Waals surface area contributed by atoms with Crippen molar-refractivity contribution in [1.29, 1.82) is 0 Å². The number of rotatable bonds is 4.